The molecule has 1 amide bonds. The first-order valence-electron chi connectivity index (χ1n) is 6.05. The molecule has 0 unspecified atom stereocenters. The number of carbonyl (C=O) groups is 1. The van der Waals surface area contributed by atoms with Crippen molar-refractivity contribution in [1.82, 2.24) is 15.2 Å². The van der Waals surface area contributed by atoms with E-state index in [9.17, 15) is 4.79 Å². The van der Waals surface area contributed by atoms with Crippen molar-refractivity contribution in [1.29, 1.82) is 0 Å². The molecule has 4 nitrogen and oxygen atoms in total. The molecule has 2 heterocycles. The Balaban J connectivity index is 0.00000162. The van der Waals surface area contributed by atoms with Gasteiger partial charge in [-0.3, -0.25) is 9.78 Å². The second-order valence-electron chi connectivity index (χ2n) is 4.69. The molecule has 1 N–H and O–H groups in total. The van der Waals surface area contributed by atoms with Gasteiger partial charge in [0.2, 0.25) is 0 Å². The van der Waals surface area contributed by atoms with E-state index in [2.05, 4.69) is 17.2 Å². The van der Waals surface area contributed by atoms with Crippen LogP contribution in [0.2, 0.25) is 0 Å². The zero-order chi connectivity index (χ0) is 12.4. The molecule has 1 fully saturated rings. The molecule has 1 aliphatic heterocycles. The van der Waals surface area contributed by atoms with Gasteiger partial charge in [0, 0.05) is 31.4 Å². The fraction of sp³-hybridized carbons (Fsp3) is 0.538. The van der Waals surface area contributed by atoms with Gasteiger partial charge in [-0.25, -0.2) is 0 Å². The minimum atomic E-state index is 0. The van der Waals surface area contributed by atoms with Crippen molar-refractivity contribution < 1.29 is 4.79 Å². The molecule has 1 atom stereocenters. The number of hydrogen-bond donors (Lipinski definition) is 1. The van der Waals surface area contributed by atoms with Crippen LogP contribution in [0.4, 0.5) is 0 Å². The van der Waals surface area contributed by atoms with E-state index in [1.54, 1.807) is 0 Å². The first kappa shape index (κ1) is 18.2. The van der Waals surface area contributed by atoms with Crippen molar-refractivity contribution in [2.75, 3.05) is 19.6 Å². The first-order valence-corrected chi connectivity index (χ1v) is 6.05. The van der Waals surface area contributed by atoms with Crippen LogP contribution < -0.4 is 5.32 Å². The molecule has 1 aromatic heterocycles. The Kier molecular flexibility index (Phi) is 7.34. The van der Waals surface area contributed by atoms with E-state index < -0.39 is 0 Å². The minimum absolute atomic E-state index is 0. The Hall–Kier alpha value is -0.840. The lowest BCUT2D eigenvalue weighted by Crippen LogP contribution is -2.51. The Morgan fingerprint density at radius 1 is 1.37 bits per heavy atom. The highest BCUT2D eigenvalue weighted by atomic mass is 35.5. The van der Waals surface area contributed by atoms with E-state index in [1.165, 1.54) is 0 Å². The number of nitrogens with one attached hydrogen (secondary N) is 1. The zero-order valence-electron chi connectivity index (χ0n) is 11.5. The molecule has 1 saturated heterocycles. The summed E-state index contributed by atoms with van der Waals surface area (Å²) < 4.78 is 0. The Labute approximate surface area is 126 Å². The van der Waals surface area contributed by atoms with E-state index in [1.807, 2.05) is 30.9 Å². The Morgan fingerprint density at radius 2 is 2.05 bits per heavy atom. The van der Waals surface area contributed by atoms with Crippen LogP contribution in [0, 0.1) is 13.8 Å². The Bertz CT molecular complexity index is 440. The third-order valence-electron chi connectivity index (χ3n) is 3.11. The summed E-state index contributed by atoms with van der Waals surface area (Å²) in [6.07, 6.45) is 0. The Morgan fingerprint density at radius 3 is 2.63 bits per heavy atom. The molecular weight excluding hydrogens is 285 g/mol. The maximum atomic E-state index is 12.3. The van der Waals surface area contributed by atoms with Crippen molar-refractivity contribution >= 4 is 30.7 Å². The highest BCUT2D eigenvalue weighted by Gasteiger charge is 2.22. The molecular formula is C13H21Cl2N3O. The number of pyridine rings is 1. The molecule has 0 radical (unpaired) electrons. The molecule has 0 spiro atoms. The summed E-state index contributed by atoms with van der Waals surface area (Å²) in [6, 6.07) is 4.14. The molecule has 0 aliphatic carbocycles. The number of halogens is 2. The monoisotopic (exact) mass is 305 g/mol. The first-order chi connectivity index (χ1) is 8.08. The lowest BCUT2D eigenvalue weighted by Gasteiger charge is -2.32. The van der Waals surface area contributed by atoms with E-state index in [4.69, 9.17) is 0 Å². The topological polar surface area (TPSA) is 45.2 Å². The van der Waals surface area contributed by atoms with Crippen LogP contribution >= 0.6 is 24.8 Å². The van der Waals surface area contributed by atoms with Gasteiger partial charge in [0.05, 0.1) is 11.3 Å². The van der Waals surface area contributed by atoms with Gasteiger partial charge < -0.3 is 10.2 Å². The lowest BCUT2D eigenvalue weighted by molar-refractivity contribution is 0.0708. The summed E-state index contributed by atoms with van der Waals surface area (Å²) in [5.41, 5.74) is 2.50. The van der Waals surface area contributed by atoms with Crippen molar-refractivity contribution in [3.63, 3.8) is 0 Å². The van der Waals surface area contributed by atoms with Gasteiger partial charge in [-0.15, -0.1) is 24.8 Å². The van der Waals surface area contributed by atoms with Gasteiger partial charge in [0.1, 0.15) is 0 Å². The molecule has 1 aliphatic rings. The molecule has 0 bridgehead atoms. The average Bonchev–Trinajstić information content (AvgIpc) is 2.28. The third-order valence-corrected chi connectivity index (χ3v) is 3.11. The maximum Gasteiger partial charge on any atom is 0.255 e. The van der Waals surface area contributed by atoms with Crippen molar-refractivity contribution in [3.05, 3.63) is 29.1 Å². The minimum Gasteiger partial charge on any atom is -0.336 e. The summed E-state index contributed by atoms with van der Waals surface area (Å²) in [7, 11) is 0. The summed E-state index contributed by atoms with van der Waals surface area (Å²) in [5.74, 6) is 0.100. The molecule has 108 valence electrons. The molecule has 2 rings (SSSR count). The van der Waals surface area contributed by atoms with Gasteiger partial charge in [-0.05, 0) is 32.9 Å². The molecule has 6 heteroatoms. The van der Waals surface area contributed by atoms with Crippen LogP contribution in [-0.2, 0) is 0 Å². The quantitative estimate of drug-likeness (QED) is 0.863. The molecule has 1 aromatic rings. The standard InChI is InChI=1S/C13H19N3O.2ClH/c1-9-4-5-12(11(3)15-9)13(17)16-7-6-14-10(2)8-16;;/h4-5,10,14H,6-8H2,1-3H3;2*1H/t10-;;/m0../s1. The largest absolute Gasteiger partial charge is 0.336 e. The predicted molar refractivity (Wildman–Crippen MR) is 81.6 cm³/mol. The lowest BCUT2D eigenvalue weighted by atomic mass is 10.1. The average molecular weight is 306 g/mol. The summed E-state index contributed by atoms with van der Waals surface area (Å²) in [5, 5.41) is 3.33. The van der Waals surface area contributed by atoms with Crippen LogP contribution in [0.15, 0.2) is 12.1 Å². The molecule has 0 aromatic carbocycles. The summed E-state index contributed by atoms with van der Waals surface area (Å²) in [4.78, 5) is 18.6. The van der Waals surface area contributed by atoms with Crippen molar-refractivity contribution in [2.24, 2.45) is 0 Å². The van der Waals surface area contributed by atoms with Crippen molar-refractivity contribution in [2.45, 2.75) is 26.8 Å². The third kappa shape index (κ3) is 4.34. The van der Waals surface area contributed by atoms with Crippen LogP contribution in [0.3, 0.4) is 0 Å². The second kappa shape index (κ2) is 7.68. The van der Waals surface area contributed by atoms with Crippen LogP contribution in [0.25, 0.3) is 0 Å². The molecule has 0 saturated carbocycles. The number of aryl methyl sites for hydroxylation is 2. The normalized spacial score (nSPS) is 18.3. The smallest absolute Gasteiger partial charge is 0.255 e. The zero-order valence-corrected chi connectivity index (χ0v) is 13.1. The summed E-state index contributed by atoms with van der Waals surface area (Å²) in [6.45, 7) is 8.34. The predicted octanol–water partition coefficient (Wildman–Crippen LogP) is 1.98. The van der Waals surface area contributed by atoms with Crippen LogP contribution in [-0.4, -0.2) is 41.5 Å². The number of aromatic nitrogens is 1. The highest BCUT2D eigenvalue weighted by molar-refractivity contribution is 5.95. The van der Waals surface area contributed by atoms with Gasteiger partial charge in [0.15, 0.2) is 0 Å². The van der Waals surface area contributed by atoms with E-state index in [0.717, 1.165) is 36.6 Å². The van der Waals surface area contributed by atoms with Crippen LogP contribution in [0.5, 0.6) is 0 Å². The van der Waals surface area contributed by atoms with Gasteiger partial charge in [-0.2, -0.15) is 0 Å². The maximum absolute atomic E-state index is 12.3. The number of hydrogen-bond acceptors (Lipinski definition) is 3. The second-order valence-corrected chi connectivity index (χ2v) is 4.69. The molecule has 19 heavy (non-hydrogen) atoms. The number of carbonyl (C=O) groups excluding carboxylic acids is 1. The van der Waals surface area contributed by atoms with Gasteiger partial charge in [0.25, 0.3) is 5.91 Å². The SMILES string of the molecule is Cc1ccc(C(=O)N2CCN[C@@H](C)C2)c(C)n1.Cl.Cl. The van der Waals surface area contributed by atoms with E-state index in [-0.39, 0.29) is 30.7 Å². The number of nitrogens with zero attached hydrogens (tertiary/aromatic N) is 2. The van der Waals surface area contributed by atoms with E-state index in [0.29, 0.717) is 6.04 Å². The fourth-order valence-electron chi connectivity index (χ4n) is 2.20. The van der Waals surface area contributed by atoms with Gasteiger partial charge in [-0.1, -0.05) is 0 Å². The number of piperazine rings is 1. The number of rotatable bonds is 1. The van der Waals surface area contributed by atoms with Crippen LogP contribution in [0.1, 0.15) is 28.7 Å². The highest BCUT2D eigenvalue weighted by Crippen LogP contribution is 2.11. The van der Waals surface area contributed by atoms with Crippen molar-refractivity contribution in [3.8, 4) is 0 Å². The van der Waals surface area contributed by atoms with E-state index >= 15 is 0 Å². The number of amides is 1. The fourth-order valence-corrected chi connectivity index (χ4v) is 2.20. The summed E-state index contributed by atoms with van der Waals surface area (Å²) >= 11 is 0. The van der Waals surface area contributed by atoms with Gasteiger partial charge >= 0.3 is 0 Å².